The minimum Gasteiger partial charge on any atom is -0.315 e. The van der Waals surface area contributed by atoms with Crippen molar-refractivity contribution in [2.75, 3.05) is 19.6 Å². The Morgan fingerprint density at radius 1 is 1.21 bits per heavy atom. The van der Waals surface area contributed by atoms with Gasteiger partial charge >= 0.3 is 0 Å². The van der Waals surface area contributed by atoms with E-state index in [1.165, 1.54) is 0 Å². The summed E-state index contributed by atoms with van der Waals surface area (Å²) in [6, 6.07) is 5.27. The van der Waals surface area contributed by atoms with E-state index in [4.69, 9.17) is 0 Å². The highest BCUT2D eigenvalue weighted by Gasteiger charge is 2.16. The van der Waals surface area contributed by atoms with Crippen molar-refractivity contribution in [3.63, 3.8) is 0 Å². The number of hydrogen-bond donors (Lipinski definition) is 2. The van der Waals surface area contributed by atoms with Crippen LogP contribution in [0.15, 0.2) is 27.6 Å². The molecule has 19 heavy (non-hydrogen) atoms. The summed E-state index contributed by atoms with van der Waals surface area (Å²) in [7, 11) is -3.44. The minimum atomic E-state index is -3.44. The summed E-state index contributed by atoms with van der Waals surface area (Å²) in [5, 5.41) is 3.15. The number of aryl methyl sites for hydroxylation is 1. The van der Waals surface area contributed by atoms with Crippen molar-refractivity contribution >= 4 is 38.4 Å². The monoisotopic (exact) mass is 370 g/mol. The average Bonchev–Trinajstić information content (AvgIpc) is 2.32. The van der Waals surface area contributed by atoms with Crippen molar-refractivity contribution in [2.24, 2.45) is 0 Å². The molecule has 1 aromatic rings. The summed E-state index contributed by atoms with van der Waals surface area (Å²) >= 11 is 3.27. The molecule has 0 spiro atoms. The van der Waals surface area contributed by atoms with E-state index in [0.29, 0.717) is 17.6 Å². The van der Waals surface area contributed by atoms with Crippen molar-refractivity contribution in [3.05, 3.63) is 28.2 Å². The number of rotatable bonds is 7. The largest absolute Gasteiger partial charge is 0.315 e. The summed E-state index contributed by atoms with van der Waals surface area (Å²) in [6.45, 7) is 5.87. The van der Waals surface area contributed by atoms with E-state index in [0.717, 1.165) is 18.5 Å². The number of hydrogen-bond acceptors (Lipinski definition) is 3. The molecule has 0 aliphatic heterocycles. The highest BCUT2D eigenvalue weighted by molar-refractivity contribution is 9.10. The SMILES string of the molecule is CCCNCCNS(=O)(=O)c1cc(C)ccc1Br.Cl. The predicted octanol–water partition coefficient (Wildman–Crippen LogP) is 2.46. The first-order valence-electron chi connectivity index (χ1n) is 5.94. The van der Waals surface area contributed by atoms with Gasteiger partial charge in [0.1, 0.15) is 0 Å². The number of nitrogens with one attached hydrogen (secondary N) is 2. The lowest BCUT2D eigenvalue weighted by Gasteiger charge is -2.09. The molecule has 0 bridgehead atoms. The van der Waals surface area contributed by atoms with Crippen molar-refractivity contribution in [3.8, 4) is 0 Å². The van der Waals surface area contributed by atoms with Crippen LogP contribution >= 0.6 is 28.3 Å². The third-order valence-corrected chi connectivity index (χ3v) is 4.85. The lowest BCUT2D eigenvalue weighted by Crippen LogP contribution is -2.32. The van der Waals surface area contributed by atoms with Gasteiger partial charge in [0.25, 0.3) is 0 Å². The molecule has 110 valence electrons. The molecule has 4 nitrogen and oxygen atoms in total. The molecule has 2 N–H and O–H groups in total. The third kappa shape index (κ3) is 6.23. The quantitative estimate of drug-likeness (QED) is 0.724. The second-order valence-corrected chi connectivity index (χ2v) is 6.67. The highest BCUT2D eigenvalue weighted by atomic mass is 79.9. The van der Waals surface area contributed by atoms with Crippen molar-refractivity contribution in [2.45, 2.75) is 25.2 Å². The van der Waals surface area contributed by atoms with Gasteiger partial charge in [0, 0.05) is 17.6 Å². The Bertz CT molecular complexity index is 495. The molecule has 0 saturated heterocycles. The van der Waals surface area contributed by atoms with E-state index < -0.39 is 10.0 Å². The van der Waals surface area contributed by atoms with Crippen LogP contribution in [0.1, 0.15) is 18.9 Å². The van der Waals surface area contributed by atoms with Gasteiger partial charge in [-0.2, -0.15) is 0 Å². The molecular formula is C12H20BrClN2O2S. The standard InChI is InChI=1S/C12H19BrN2O2S.ClH/c1-3-6-14-7-8-15-18(16,17)12-9-10(2)4-5-11(12)13;/h4-5,9,14-15H,3,6-8H2,1-2H3;1H. The minimum absolute atomic E-state index is 0. The maximum absolute atomic E-state index is 12.1. The summed E-state index contributed by atoms with van der Waals surface area (Å²) in [5.74, 6) is 0. The molecule has 0 aromatic heterocycles. The van der Waals surface area contributed by atoms with E-state index in [1.807, 2.05) is 13.0 Å². The zero-order valence-corrected chi connectivity index (χ0v) is 14.3. The normalized spacial score (nSPS) is 11.1. The zero-order chi connectivity index (χ0) is 13.6. The van der Waals surface area contributed by atoms with Gasteiger partial charge in [0.05, 0.1) is 4.90 Å². The van der Waals surface area contributed by atoms with Crippen LogP contribution in [0.25, 0.3) is 0 Å². The Labute approximate surface area is 130 Å². The van der Waals surface area contributed by atoms with Gasteiger partial charge in [-0.25, -0.2) is 13.1 Å². The molecule has 0 atom stereocenters. The first kappa shape index (κ1) is 18.9. The van der Waals surface area contributed by atoms with Crippen LogP contribution in [0.2, 0.25) is 0 Å². The number of benzene rings is 1. The van der Waals surface area contributed by atoms with Gasteiger partial charge < -0.3 is 5.32 Å². The van der Waals surface area contributed by atoms with Crippen molar-refractivity contribution < 1.29 is 8.42 Å². The van der Waals surface area contributed by atoms with Crippen LogP contribution in [0, 0.1) is 6.92 Å². The van der Waals surface area contributed by atoms with Crippen molar-refractivity contribution in [1.82, 2.24) is 10.0 Å². The van der Waals surface area contributed by atoms with Crippen LogP contribution in [0.5, 0.6) is 0 Å². The Morgan fingerprint density at radius 3 is 2.53 bits per heavy atom. The topological polar surface area (TPSA) is 58.2 Å². The van der Waals surface area contributed by atoms with E-state index in [-0.39, 0.29) is 17.3 Å². The molecule has 0 radical (unpaired) electrons. The highest BCUT2D eigenvalue weighted by Crippen LogP contribution is 2.22. The molecule has 0 aliphatic rings. The summed E-state index contributed by atoms with van der Waals surface area (Å²) in [4.78, 5) is 0.290. The van der Waals surface area contributed by atoms with Gasteiger partial charge in [-0.1, -0.05) is 13.0 Å². The third-order valence-electron chi connectivity index (χ3n) is 2.40. The van der Waals surface area contributed by atoms with Crippen LogP contribution in [-0.2, 0) is 10.0 Å². The Balaban J connectivity index is 0.00000324. The van der Waals surface area contributed by atoms with E-state index in [1.54, 1.807) is 12.1 Å². The fourth-order valence-electron chi connectivity index (χ4n) is 1.47. The van der Waals surface area contributed by atoms with Crippen LogP contribution in [0.4, 0.5) is 0 Å². The average molecular weight is 372 g/mol. The van der Waals surface area contributed by atoms with Gasteiger partial charge in [0.2, 0.25) is 10.0 Å². The maximum atomic E-state index is 12.1. The predicted molar refractivity (Wildman–Crippen MR) is 84.5 cm³/mol. The number of sulfonamides is 1. The molecular weight excluding hydrogens is 352 g/mol. The summed E-state index contributed by atoms with van der Waals surface area (Å²) in [6.07, 6.45) is 1.04. The molecule has 1 rings (SSSR count). The molecule has 7 heteroatoms. The molecule has 0 aliphatic carbocycles. The molecule has 0 amide bonds. The first-order valence-corrected chi connectivity index (χ1v) is 8.21. The van der Waals surface area contributed by atoms with Gasteiger partial charge in [-0.15, -0.1) is 12.4 Å². The summed E-state index contributed by atoms with van der Waals surface area (Å²) < 4.78 is 27.3. The van der Waals surface area contributed by atoms with E-state index in [2.05, 4.69) is 32.9 Å². The van der Waals surface area contributed by atoms with Gasteiger partial charge in [0.15, 0.2) is 0 Å². The second kappa shape index (κ2) is 8.92. The van der Waals surface area contributed by atoms with Gasteiger partial charge in [-0.05, 0) is 53.5 Å². The number of halogens is 2. The Hall–Kier alpha value is -0.140. The summed E-state index contributed by atoms with van der Waals surface area (Å²) in [5.41, 5.74) is 0.919. The first-order chi connectivity index (χ1) is 8.47. The van der Waals surface area contributed by atoms with Crippen LogP contribution in [-0.4, -0.2) is 28.1 Å². The van der Waals surface area contributed by atoms with E-state index in [9.17, 15) is 8.42 Å². The fourth-order valence-corrected chi connectivity index (χ4v) is 3.55. The zero-order valence-electron chi connectivity index (χ0n) is 11.1. The lowest BCUT2D eigenvalue weighted by molar-refractivity contribution is 0.575. The van der Waals surface area contributed by atoms with E-state index >= 15 is 0 Å². The second-order valence-electron chi connectivity index (χ2n) is 4.08. The van der Waals surface area contributed by atoms with Crippen LogP contribution in [0.3, 0.4) is 0 Å². The smallest absolute Gasteiger partial charge is 0.241 e. The van der Waals surface area contributed by atoms with Crippen LogP contribution < -0.4 is 10.0 Å². The maximum Gasteiger partial charge on any atom is 0.241 e. The lowest BCUT2D eigenvalue weighted by atomic mass is 10.2. The molecule has 0 heterocycles. The molecule has 0 fully saturated rings. The fraction of sp³-hybridized carbons (Fsp3) is 0.500. The Morgan fingerprint density at radius 2 is 1.89 bits per heavy atom. The van der Waals surface area contributed by atoms with Crippen molar-refractivity contribution in [1.29, 1.82) is 0 Å². The Kier molecular flexibility index (Phi) is 8.85. The molecule has 0 unspecified atom stereocenters. The molecule has 0 saturated carbocycles. The van der Waals surface area contributed by atoms with Gasteiger partial charge in [-0.3, -0.25) is 0 Å². The molecule has 1 aromatic carbocycles.